The van der Waals surface area contributed by atoms with Gasteiger partial charge in [0.15, 0.2) is 0 Å². The summed E-state index contributed by atoms with van der Waals surface area (Å²) in [5.74, 6) is 0.0193. The average molecular weight is 231 g/mol. The summed E-state index contributed by atoms with van der Waals surface area (Å²) < 4.78 is 0. The van der Waals surface area contributed by atoms with E-state index in [4.69, 9.17) is 0 Å². The Hall–Kier alpha value is -1.68. The fraction of sp³-hybridized carbons (Fsp3) is 0.385. The van der Waals surface area contributed by atoms with E-state index in [9.17, 15) is 4.79 Å². The molecule has 0 unspecified atom stereocenters. The van der Waals surface area contributed by atoms with Gasteiger partial charge in [0.2, 0.25) is 5.91 Å². The molecule has 1 fully saturated rings. The van der Waals surface area contributed by atoms with Crippen LogP contribution < -0.4 is 10.6 Å². The summed E-state index contributed by atoms with van der Waals surface area (Å²) in [4.78, 5) is 15.9. The maximum atomic E-state index is 11.9. The van der Waals surface area contributed by atoms with Crippen molar-refractivity contribution < 1.29 is 4.79 Å². The Bertz CT molecular complexity index is 433. The lowest BCUT2D eigenvalue weighted by atomic mass is 10.0. The molecule has 1 amide bonds. The number of carbonyl (C=O) groups is 1. The van der Waals surface area contributed by atoms with Crippen molar-refractivity contribution in [1.82, 2.24) is 15.6 Å². The third-order valence-corrected chi connectivity index (χ3v) is 3.10. The zero-order valence-electron chi connectivity index (χ0n) is 10.2. The predicted molar refractivity (Wildman–Crippen MR) is 66.4 cm³/mol. The Labute approximate surface area is 101 Å². The number of rotatable bonds is 3. The number of nitrogens with one attached hydrogen (secondary N) is 2. The summed E-state index contributed by atoms with van der Waals surface area (Å²) in [5, 5.41) is 6.13. The third-order valence-electron chi connectivity index (χ3n) is 3.10. The number of aromatic nitrogens is 1. The molecule has 0 saturated carbocycles. The lowest BCUT2D eigenvalue weighted by molar-refractivity contribution is -0.118. The Kier molecular flexibility index (Phi) is 3.54. The van der Waals surface area contributed by atoms with Crippen molar-refractivity contribution in [3.05, 3.63) is 41.2 Å². The molecule has 1 aliphatic heterocycles. The van der Waals surface area contributed by atoms with Crippen LogP contribution in [0.3, 0.4) is 0 Å². The summed E-state index contributed by atoms with van der Waals surface area (Å²) >= 11 is 0. The molecular formula is C13H17N3O. The molecule has 4 nitrogen and oxygen atoms in total. The largest absolute Gasteiger partial charge is 0.346 e. The van der Waals surface area contributed by atoms with E-state index in [1.54, 1.807) is 12.4 Å². The van der Waals surface area contributed by atoms with Gasteiger partial charge in [0.05, 0.1) is 6.04 Å². The van der Waals surface area contributed by atoms with Crippen LogP contribution in [-0.4, -0.2) is 24.0 Å². The van der Waals surface area contributed by atoms with Gasteiger partial charge in [-0.2, -0.15) is 0 Å². The van der Waals surface area contributed by atoms with Crippen molar-refractivity contribution >= 4 is 5.91 Å². The SMILES string of the molecule is CC(C(=O)N[C@@H](C)c1ccncc1)=C1CNC1. The molecule has 2 N–H and O–H groups in total. The molecule has 1 aliphatic rings. The van der Waals surface area contributed by atoms with E-state index in [1.165, 1.54) is 5.57 Å². The van der Waals surface area contributed by atoms with E-state index in [1.807, 2.05) is 26.0 Å². The molecule has 1 aromatic heterocycles. The third kappa shape index (κ3) is 2.71. The topological polar surface area (TPSA) is 54.0 Å². The van der Waals surface area contributed by atoms with Crippen molar-refractivity contribution in [1.29, 1.82) is 0 Å². The van der Waals surface area contributed by atoms with Crippen molar-refractivity contribution in [2.45, 2.75) is 19.9 Å². The summed E-state index contributed by atoms with van der Waals surface area (Å²) in [5.41, 5.74) is 3.10. The van der Waals surface area contributed by atoms with Crippen LogP contribution >= 0.6 is 0 Å². The second-order valence-corrected chi connectivity index (χ2v) is 4.31. The molecule has 0 aliphatic carbocycles. The Morgan fingerprint density at radius 3 is 2.59 bits per heavy atom. The fourth-order valence-corrected chi connectivity index (χ4v) is 1.72. The van der Waals surface area contributed by atoms with Crippen molar-refractivity contribution in [2.24, 2.45) is 0 Å². The average Bonchev–Trinajstić information content (AvgIpc) is 2.27. The van der Waals surface area contributed by atoms with E-state index in [2.05, 4.69) is 15.6 Å². The van der Waals surface area contributed by atoms with Crippen LogP contribution in [-0.2, 0) is 4.79 Å². The zero-order chi connectivity index (χ0) is 12.3. The van der Waals surface area contributed by atoms with Gasteiger partial charge in [-0.25, -0.2) is 0 Å². The van der Waals surface area contributed by atoms with Crippen LogP contribution in [0, 0.1) is 0 Å². The first-order valence-electron chi connectivity index (χ1n) is 5.78. The van der Waals surface area contributed by atoms with Crippen LogP contribution in [0.25, 0.3) is 0 Å². The normalized spacial score (nSPS) is 16.0. The van der Waals surface area contributed by atoms with E-state index in [-0.39, 0.29) is 11.9 Å². The zero-order valence-corrected chi connectivity index (χ0v) is 10.2. The monoisotopic (exact) mass is 231 g/mol. The van der Waals surface area contributed by atoms with Gasteiger partial charge in [-0.15, -0.1) is 0 Å². The minimum Gasteiger partial charge on any atom is -0.346 e. The minimum atomic E-state index is 0.00841. The lowest BCUT2D eigenvalue weighted by Gasteiger charge is -2.22. The summed E-state index contributed by atoms with van der Waals surface area (Å²) in [6, 6.07) is 3.84. The molecule has 4 heteroatoms. The first-order valence-corrected chi connectivity index (χ1v) is 5.78. The molecule has 0 bridgehead atoms. The molecule has 2 rings (SSSR count). The standard InChI is InChI=1S/C13H17N3O/c1-9(12-7-15-8-12)13(17)16-10(2)11-3-5-14-6-4-11/h3-6,10,15H,7-8H2,1-2H3,(H,16,17)/t10-/m0/s1. The van der Waals surface area contributed by atoms with Crippen molar-refractivity contribution in [2.75, 3.05) is 13.1 Å². The maximum absolute atomic E-state index is 11.9. The number of hydrogen-bond acceptors (Lipinski definition) is 3. The van der Waals surface area contributed by atoms with Crippen molar-refractivity contribution in [3.8, 4) is 0 Å². The molecule has 1 saturated heterocycles. The predicted octanol–water partition coefficient (Wildman–Crippen LogP) is 1.18. The first-order chi connectivity index (χ1) is 8.18. The van der Waals surface area contributed by atoms with Gasteiger partial charge < -0.3 is 10.6 Å². The Morgan fingerprint density at radius 2 is 2.06 bits per heavy atom. The van der Waals surface area contributed by atoms with E-state index in [0.29, 0.717) is 0 Å². The highest BCUT2D eigenvalue weighted by atomic mass is 16.1. The highest BCUT2D eigenvalue weighted by Gasteiger charge is 2.17. The molecular weight excluding hydrogens is 214 g/mol. The van der Waals surface area contributed by atoms with Gasteiger partial charge in [0.25, 0.3) is 0 Å². The fourth-order valence-electron chi connectivity index (χ4n) is 1.72. The summed E-state index contributed by atoms with van der Waals surface area (Å²) in [7, 11) is 0. The number of nitrogens with zero attached hydrogens (tertiary/aromatic N) is 1. The number of pyridine rings is 1. The van der Waals surface area contributed by atoms with Crippen LogP contribution in [0.1, 0.15) is 25.5 Å². The molecule has 1 atom stereocenters. The second kappa shape index (κ2) is 5.10. The maximum Gasteiger partial charge on any atom is 0.247 e. The second-order valence-electron chi connectivity index (χ2n) is 4.31. The van der Waals surface area contributed by atoms with Gasteiger partial charge >= 0.3 is 0 Å². The molecule has 2 heterocycles. The van der Waals surface area contributed by atoms with Gasteiger partial charge in [-0.05, 0) is 37.1 Å². The highest BCUT2D eigenvalue weighted by Crippen LogP contribution is 2.13. The van der Waals surface area contributed by atoms with Crippen LogP contribution in [0.4, 0.5) is 0 Å². The van der Waals surface area contributed by atoms with Gasteiger partial charge in [-0.1, -0.05) is 0 Å². The van der Waals surface area contributed by atoms with E-state index >= 15 is 0 Å². The summed E-state index contributed by atoms with van der Waals surface area (Å²) in [6.45, 7) is 5.53. The molecule has 0 aromatic carbocycles. The molecule has 0 radical (unpaired) electrons. The molecule has 1 aromatic rings. The van der Waals surface area contributed by atoms with E-state index in [0.717, 1.165) is 24.2 Å². The van der Waals surface area contributed by atoms with E-state index < -0.39 is 0 Å². The van der Waals surface area contributed by atoms with Gasteiger partial charge in [0, 0.05) is 31.1 Å². The quantitative estimate of drug-likeness (QED) is 0.768. The number of carbonyl (C=O) groups excluding carboxylic acids is 1. The van der Waals surface area contributed by atoms with Crippen LogP contribution in [0.15, 0.2) is 35.7 Å². The highest BCUT2D eigenvalue weighted by molar-refractivity contribution is 5.94. The minimum absolute atomic E-state index is 0.00841. The Morgan fingerprint density at radius 1 is 1.41 bits per heavy atom. The summed E-state index contributed by atoms with van der Waals surface area (Å²) in [6.07, 6.45) is 3.47. The van der Waals surface area contributed by atoms with Gasteiger partial charge in [0.1, 0.15) is 0 Å². The molecule has 0 spiro atoms. The molecule has 90 valence electrons. The van der Waals surface area contributed by atoms with Gasteiger partial charge in [-0.3, -0.25) is 9.78 Å². The Balaban J connectivity index is 1.99. The number of hydrogen-bond donors (Lipinski definition) is 2. The smallest absolute Gasteiger partial charge is 0.247 e. The van der Waals surface area contributed by atoms with Crippen LogP contribution in [0.2, 0.25) is 0 Å². The van der Waals surface area contributed by atoms with Crippen molar-refractivity contribution in [3.63, 3.8) is 0 Å². The molecule has 17 heavy (non-hydrogen) atoms. The first kappa shape index (κ1) is 11.8. The van der Waals surface area contributed by atoms with Crippen LogP contribution in [0.5, 0.6) is 0 Å². The lowest BCUT2D eigenvalue weighted by Crippen LogP contribution is -2.38. The number of amides is 1.